The van der Waals surface area contributed by atoms with Gasteiger partial charge in [-0.1, -0.05) is 17.7 Å². The van der Waals surface area contributed by atoms with Crippen molar-refractivity contribution in [1.82, 2.24) is 0 Å². The van der Waals surface area contributed by atoms with Gasteiger partial charge in [0.05, 0.1) is 0 Å². The van der Waals surface area contributed by atoms with Crippen molar-refractivity contribution in [2.45, 2.75) is 11.8 Å². The fourth-order valence-corrected chi connectivity index (χ4v) is 1.25. The summed E-state index contributed by atoms with van der Waals surface area (Å²) in [5.74, 6) is 0. The highest BCUT2D eigenvalue weighted by Gasteiger charge is 1.93. The Morgan fingerprint density at radius 3 is 2.00 bits per heavy atom. The third-order valence-electron chi connectivity index (χ3n) is 1.35. The van der Waals surface area contributed by atoms with E-state index in [1.54, 1.807) is 6.26 Å². The molecule has 0 spiro atoms. The van der Waals surface area contributed by atoms with Gasteiger partial charge >= 0.3 is 0 Å². The molecule has 0 fully saturated rings. The maximum Gasteiger partial charge on any atom is 0.0498 e. The first-order chi connectivity index (χ1) is 4.70. The Hall–Kier alpha value is -0.670. The van der Waals surface area contributed by atoms with Gasteiger partial charge in [-0.05, 0) is 19.1 Å². The van der Waals surface area contributed by atoms with E-state index in [4.69, 9.17) is 0 Å². The van der Waals surface area contributed by atoms with Crippen LogP contribution in [0.5, 0.6) is 0 Å². The Labute approximate surface area is 69.0 Å². The zero-order valence-electron chi connectivity index (χ0n) is 6.63. The highest BCUT2D eigenvalue weighted by molar-refractivity contribution is 7.84. The van der Waals surface area contributed by atoms with Crippen molar-refractivity contribution in [3.63, 3.8) is 0 Å². The second kappa shape index (κ2) is 4.26. The molecule has 0 heterocycles. The van der Waals surface area contributed by atoms with Crippen molar-refractivity contribution in [3.8, 4) is 0 Å². The lowest BCUT2D eigenvalue weighted by Gasteiger charge is -1.94. The van der Waals surface area contributed by atoms with Crippen LogP contribution in [0, 0.1) is 6.92 Å². The molecule has 0 radical (unpaired) electrons. The van der Waals surface area contributed by atoms with Crippen molar-refractivity contribution < 1.29 is 9.69 Å². The minimum absolute atomic E-state index is 0. The Morgan fingerprint density at radius 2 is 1.64 bits per heavy atom. The van der Waals surface area contributed by atoms with Crippen LogP contribution in [0.1, 0.15) is 5.56 Å². The number of rotatable bonds is 1. The third-order valence-corrected chi connectivity index (χ3v) is 2.29. The average Bonchev–Trinajstić information content (AvgIpc) is 1.88. The summed E-state index contributed by atoms with van der Waals surface area (Å²) in [6.07, 6.45) is 1.69. The molecule has 1 unspecified atom stereocenters. The predicted octanol–water partition coefficient (Wildman–Crippen LogP) is 0.908. The average molecular weight is 172 g/mol. The molecule has 0 saturated heterocycles. The zero-order chi connectivity index (χ0) is 7.56. The molecule has 2 N–H and O–H groups in total. The van der Waals surface area contributed by atoms with E-state index in [9.17, 15) is 4.21 Å². The fourth-order valence-electron chi connectivity index (χ4n) is 0.730. The second-order valence-corrected chi connectivity index (χ2v) is 3.65. The number of hydrogen-bond acceptors (Lipinski definition) is 1. The third kappa shape index (κ3) is 2.82. The summed E-state index contributed by atoms with van der Waals surface area (Å²) in [4.78, 5) is 0.894. The monoisotopic (exact) mass is 172 g/mol. The second-order valence-electron chi connectivity index (χ2n) is 2.27. The van der Waals surface area contributed by atoms with E-state index in [-0.39, 0.29) is 5.48 Å². The number of benzene rings is 1. The van der Waals surface area contributed by atoms with Crippen molar-refractivity contribution >= 4 is 10.8 Å². The Balaban J connectivity index is 0.000001000. The molecular formula is C8H12O2S. The van der Waals surface area contributed by atoms with E-state index in [2.05, 4.69) is 0 Å². The standard InChI is InChI=1S/C8H10OS.H2O/c1-7-3-5-8(6-4-7)10(2)9;/h3-6H,1-2H3;1H2. The molecule has 2 nitrogen and oxygen atoms in total. The first kappa shape index (κ1) is 10.3. The van der Waals surface area contributed by atoms with Gasteiger partial charge in [0.2, 0.25) is 0 Å². The highest BCUT2D eigenvalue weighted by atomic mass is 32.2. The summed E-state index contributed by atoms with van der Waals surface area (Å²) in [7, 11) is -0.837. The first-order valence-electron chi connectivity index (χ1n) is 3.10. The molecule has 1 aromatic rings. The molecule has 0 aromatic heterocycles. The van der Waals surface area contributed by atoms with Crippen LogP contribution in [0.4, 0.5) is 0 Å². The lowest BCUT2D eigenvalue weighted by atomic mass is 10.2. The summed E-state index contributed by atoms with van der Waals surface area (Å²) >= 11 is 0. The topological polar surface area (TPSA) is 48.6 Å². The van der Waals surface area contributed by atoms with Crippen molar-refractivity contribution in [1.29, 1.82) is 0 Å². The lowest BCUT2D eigenvalue weighted by Crippen LogP contribution is -1.85. The van der Waals surface area contributed by atoms with E-state index in [0.717, 1.165) is 4.90 Å². The largest absolute Gasteiger partial charge is 0.412 e. The first-order valence-corrected chi connectivity index (χ1v) is 4.66. The normalized spacial score (nSPS) is 11.8. The number of hydrogen-bond donors (Lipinski definition) is 0. The minimum Gasteiger partial charge on any atom is -0.412 e. The maximum absolute atomic E-state index is 10.9. The fraction of sp³-hybridized carbons (Fsp3) is 0.250. The minimum atomic E-state index is -0.837. The smallest absolute Gasteiger partial charge is 0.0498 e. The Morgan fingerprint density at radius 1 is 1.18 bits per heavy atom. The lowest BCUT2D eigenvalue weighted by molar-refractivity contribution is 0.687. The summed E-state index contributed by atoms with van der Waals surface area (Å²) in [6.45, 7) is 2.02. The molecule has 1 atom stereocenters. The van der Waals surface area contributed by atoms with Gasteiger partial charge in [-0.25, -0.2) is 0 Å². The Bertz CT molecular complexity index is 241. The van der Waals surface area contributed by atoms with Gasteiger partial charge < -0.3 is 5.48 Å². The van der Waals surface area contributed by atoms with Gasteiger partial charge in [0.15, 0.2) is 0 Å². The van der Waals surface area contributed by atoms with Crippen LogP contribution < -0.4 is 0 Å². The molecule has 0 aliphatic rings. The molecule has 1 aromatic carbocycles. The van der Waals surface area contributed by atoms with Crippen molar-refractivity contribution in [2.24, 2.45) is 0 Å². The van der Waals surface area contributed by atoms with Crippen LogP contribution in [0.25, 0.3) is 0 Å². The molecule has 62 valence electrons. The van der Waals surface area contributed by atoms with Crippen molar-refractivity contribution in [2.75, 3.05) is 6.26 Å². The Kier molecular flexibility index (Phi) is 4.00. The van der Waals surface area contributed by atoms with Crippen LogP contribution in [0.15, 0.2) is 29.2 Å². The van der Waals surface area contributed by atoms with E-state index < -0.39 is 10.8 Å². The zero-order valence-corrected chi connectivity index (χ0v) is 7.44. The van der Waals surface area contributed by atoms with Gasteiger partial charge in [0, 0.05) is 22.0 Å². The van der Waals surface area contributed by atoms with Crippen LogP contribution in [-0.2, 0) is 10.8 Å². The highest BCUT2D eigenvalue weighted by Crippen LogP contribution is 2.05. The van der Waals surface area contributed by atoms with Crippen molar-refractivity contribution in [3.05, 3.63) is 29.8 Å². The molecule has 1 rings (SSSR count). The molecule has 0 amide bonds. The number of aryl methyl sites for hydroxylation is 1. The molecule has 3 heteroatoms. The summed E-state index contributed by atoms with van der Waals surface area (Å²) < 4.78 is 10.9. The van der Waals surface area contributed by atoms with Crippen LogP contribution in [-0.4, -0.2) is 15.9 Å². The van der Waals surface area contributed by atoms with Crippen LogP contribution in [0.2, 0.25) is 0 Å². The van der Waals surface area contributed by atoms with Gasteiger partial charge in [-0.3, -0.25) is 4.21 Å². The van der Waals surface area contributed by atoms with Gasteiger partial charge in [-0.2, -0.15) is 0 Å². The van der Waals surface area contributed by atoms with Crippen LogP contribution >= 0.6 is 0 Å². The van der Waals surface area contributed by atoms with Gasteiger partial charge in [0.1, 0.15) is 0 Å². The van der Waals surface area contributed by atoms with Crippen LogP contribution in [0.3, 0.4) is 0 Å². The summed E-state index contributed by atoms with van der Waals surface area (Å²) in [5, 5.41) is 0. The predicted molar refractivity (Wildman–Crippen MR) is 47.1 cm³/mol. The van der Waals surface area contributed by atoms with E-state index in [1.165, 1.54) is 5.56 Å². The quantitative estimate of drug-likeness (QED) is 0.621. The molecule has 0 bridgehead atoms. The molecular weight excluding hydrogens is 160 g/mol. The molecule has 0 aliphatic carbocycles. The summed E-state index contributed by atoms with van der Waals surface area (Å²) in [6, 6.07) is 7.73. The SMILES string of the molecule is Cc1ccc(S(C)=O)cc1.O. The van der Waals surface area contributed by atoms with E-state index in [0.29, 0.717) is 0 Å². The summed E-state index contributed by atoms with van der Waals surface area (Å²) in [5.41, 5.74) is 1.20. The molecule has 0 saturated carbocycles. The molecule has 11 heavy (non-hydrogen) atoms. The van der Waals surface area contributed by atoms with Gasteiger partial charge in [0.25, 0.3) is 0 Å². The van der Waals surface area contributed by atoms with Gasteiger partial charge in [-0.15, -0.1) is 0 Å². The van der Waals surface area contributed by atoms with E-state index >= 15 is 0 Å². The molecule has 0 aliphatic heterocycles. The van der Waals surface area contributed by atoms with E-state index in [1.807, 2.05) is 31.2 Å². The maximum atomic E-state index is 10.9.